The average Bonchev–Trinajstić information content (AvgIpc) is 2.57. The molecule has 1 heterocycles. The smallest absolute Gasteiger partial charge is 0.414 e. The predicted octanol–water partition coefficient (Wildman–Crippen LogP) is 4.42. The largest absolute Gasteiger partial charge is 0.444 e. The first kappa shape index (κ1) is 23.2. The molecule has 1 aliphatic heterocycles. The van der Waals surface area contributed by atoms with Crippen LogP contribution in [-0.2, 0) is 4.74 Å². The minimum atomic E-state index is -0.608. The molecule has 0 aliphatic carbocycles. The van der Waals surface area contributed by atoms with Crippen molar-refractivity contribution >= 4 is 18.1 Å². The van der Waals surface area contributed by atoms with E-state index in [0.717, 1.165) is 58.0 Å². The summed E-state index contributed by atoms with van der Waals surface area (Å²) in [5.74, 6) is 0.175. The first-order valence-corrected chi connectivity index (χ1v) is 10.4. The molecule has 7 nitrogen and oxygen atoms in total. The molecule has 0 aromatic heterocycles. The van der Waals surface area contributed by atoms with Crippen LogP contribution in [0.5, 0.6) is 0 Å². The topological polar surface area (TPSA) is 83.0 Å². The molecule has 0 bridgehead atoms. The van der Waals surface area contributed by atoms with Crippen molar-refractivity contribution in [2.75, 3.05) is 19.6 Å². The van der Waals surface area contributed by atoms with E-state index >= 15 is 0 Å². The summed E-state index contributed by atoms with van der Waals surface area (Å²) in [4.78, 5) is 31.0. The van der Waals surface area contributed by atoms with E-state index < -0.39 is 11.7 Å². The monoisotopic (exact) mass is 382 g/mol. The fraction of sp³-hybridized carbons (Fsp3) is 0.850. The number of guanidine groups is 1. The highest BCUT2D eigenvalue weighted by atomic mass is 16.6. The second-order valence-electron chi connectivity index (χ2n) is 8.10. The number of urea groups is 1. The Morgan fingerprint density at radius 1 is 1.15 bits per heavy atom. The maximum atomic E-state index is 12.7. The van der Waals surface area contributed by atoms with E-state index in [2.05, 4.69) is 22.5 Å². The van der Waals surface area contributed by atoms with Crippen molar-refractivity contribution in [2.24, 2.45) is 4.99 Å². The molecule has 0 spiro atoms. The molecule has 27 heavy (non-hydrogen) atoms. The number of carbonyl (C=O) groups is 2. The van der Waals surface area contributed by atoms with Crippen LogP contribution in [0.4, 0.5) is 9.59 Å². The molecule has 0 atom stereocenters. The summed E-state index contributed by atoms with van der Waals surface area (Å²) in [5, 5.41) is 5.37. The van der Waals surface area contributed by atoms with E-state index in [9.17, 15) is 9.59 Å². The fourth-order valence-electron chi connectivity index (χ4n) is 2.87. The van der Waals surface area contributed by atoms with Gasteiger partial charge in [-0.25, -0.2) is 9.59 Å². The number of hydrogen-bond acceptors (Lipinski definition) is 4. The number of unbranched alkanes of at least 4 members (excludes halogenated alkanes) is 2. The number of alkyl carbamates (subject to hydrolysis) is 1. The minimum absolute atomic E-state index is 0.175. The maximum absolute atomic E-state index is 12.7. The predicted molar refractivity (Wildman–Crippen MR) is 109 cm³/mol. The normalized spacial score (nSPS) is 17.7. The quantitative estimate of drug-likeness (QED) is 0.706. The Kier molecular flexibility index (Phi) is 10.8. The van der Waals surface area contributed by atoms with Crippen molar-refractivity contribution in [2.45, 2.75) is 91.1 Å². The van der Waals surface area contributed by atoms with Gasteiger partial charge in [0.1, 0.15) is 5.60 Å². The third-order valence-corrected chi connectivity index (χ3v) is 4.27. The summed E-state index contributed by atoms with van der Waals surface area (Å²) in [7, 11) is 0. The van der Waals surface area contributed by atoms with Crippen molar-refractivity contribution in [1.82, 2.24) is 15.5 Å². The Labute approximate surface area is 164 Å². The van der Waals surface area contributed by atoms with Gasteiger partial charge in [0, 0.05) is 19.6 Å². The average molecular weight is 383 g/mol. The lowest BCUT2D eigenvalue weighted by molar-refractivity contribution is 0.0561. The van der Waals surface area contributed by atoms with E-state index in [1.54, 1.807) is 20.8 Å². The van der Waals surface area contributed by atoms with Gasteiger partial charge in [0.2, 0.25) is 5.96 Å². The highest BCUT2D eigenvalue weighted by molar-refractivity contribution is 6.02. The molecular formula is C20H38N4O3. The number of aliphatic imine (C=N–C) groups is 1. The lowest BCUT2D eigenvalue weighted by atomic mass is 10.1. The van der Waals surface area contributed by atoms with Gasteiger partial charge in [-0.05, 0) is 40.0 Å². The van der Waals surface area contributed by atoms with Crippen LogP contribution in [0.1, 0.15) is 85.5 Å². The summed E-state index contributed by atoms with van der Waals surface area (Å²) in [6, 6.07) is -0.208. The fourth-order valence-corrected chi connectivity index (χ4v) is 2.87. The molecule has 2 N–H and O–H groups in total. The second kappa shape index (κ2) is 12.6. The van der Waals surface area contributed by atoms with Crippen molar-refractivity contribution in [3.8, 4) is 0 Å². The number of carbonyl (C=O) groups excluding carboxylic acids is 2. The molecule has 3 amide bonds. The lowest BCUT2D eigenvalue weighted by Crippen LogP contribution is -2.50. The molecule has 0 saturated carbocycles. The lowest BCUT2D eigenvalue weighted by Gasteiger charge is -2.24. The molecule has 0 radical (unpaired) electrons. The van der Waals surface area contributed by atoms with Gasteiger partial charge in [0.15, 0.2) is 0 Å². The van der Waals surface area contributed by atoms with E-state index in [-0.39, 0.29) is 12.0 Å². The van der Waals surface area contributed by atoms with Crippen LogP contribution in [0.3, 0.4) is 0 Å². The van der Waals surface area contributed by atoms with Crippen LogP contribution in [0, 0.1) is 0 Å². The standard InChI is InChI=1S/C20H38N4O3/c1-5-6-12-15-24-16-13-10-8-7-9-11-14-21-17(22-18(24)25)23-19(26)27-20(2,3)4/h5-16H2,1-4H3,(H2,21,22,23,25,26). The highest BCUT2D eigenvalue weighted by Crippen LogP contribution is 2.09. The summed E-state index contributed by atoms with van der Waals surface area (Å²) in [5.41, 5.74) is -0.607. The molecule has 1 rings (SSSR count). The minimum Gasteiger partial charge on any atom is -0.444 e. The molecule has 156 valence electrons. The number of ether oxygens (including phenoxy) is 1. The molecular weight excluding hydrogens is 344 g/mol. The molecule has 0 saturated heterocycles. The van der Waals surface area contributed by atoms with Crippen molar-refractivity contribution in [3.05, 3.63) is 0 Å². The maximum Gasteiger partial charge on any atom is 0.414 e. The van der Waals surface area contributed by atoms with Gasteiger partial charge < -0.3 is 9.64 Å². The summed E-state index contributed by atoms with van der Waals surface area (Å²) in [6.07, 6.45) is 9.15. The van der Waals surface area contributed by atoms with Gasteiger partial charge in [-0.15, -0.1) is 0 Å². The van der Waals surface area contributed by atoms with Crippen LogP contribution < -0.4 is 10.6 Å². The Morgan fingerprint density at radius 2 is 1.81 bits per heavy atom. The van der Waals surface area contributed by atoms with Gasteiger partial charge >= 0.3 is 12.1 Å². The van der Waals surface area contributed by atoms with Gasteiger partial charge in [-0.3, -0.25) is 15.6 Å². The Bertz CT molecular complexity index is 486. The Hall–Kier alpha value is -1.79. The number of hydrogen-bond donors (Lipinski definition) is 2. The summed E-state index contributed by atoms with van der Waals surface area (Å²) >= 11 is 0. The van der Waals surface area contributed by atoms with Crippen LogP contribution in [0.2, 0.25) is 0 Å². The molecule has 0 aromatic carbocycles. The van der Waals surface area contributed by atoms with E-state index in [4.69, 9.17) is 4.74 Å². The van der Waals surface area contributed by atoms with Crippen LogP contribution >= 0.6 is 0 Å². The van der Waals surface area contributed by atoms with Gasteiger partial charge in [0.05, 0.1) is 0 Å². The number of nitrogens with one attached hydrogen (secondary N) is 2. The number of rotatable bonds is 4. The first-order valence-electron chi connectivity index (χ1n) is 10.4. The Morgan fingerprint density at radius 3 is 2.48 bits per heavy atom. The van der Waals surface area contributed by atoms with E-state index in [1.807, 2.05) is 4.90 Å². The Balaban J connectivity index is 2.78. The third-order valence-electron chi connectivity index (χ3n) is 4.27. The zero-order valence-corrected chi connectivity index (χ0v) is 17.6. The molecule has 0 fully saturated rings. The molecule has 0 unspecified atom stereocenters. The van der Waals surface area contributed by atoms with Gasteiger partial charge in [-0.1, -0.05) is 45.4 Å². The molecule has 7 heteroatoms. The molecule has 0 aromatic rings. The van der Waals surface area contributed by atoms with Crippen LogP contribution in [0.25, 0.3) is 0 Å². The van der Waals surface area contributed by atoms with Gasteiger partial charge in [-0.2, -0.15) is 0 Å². The van der Waals surface area contributed by atoms with Crippen molar-refractivity contribution in [3.63, 3.8) is 0 Å². The second-order valence-corrected chi connectivity index (χ2v) is 8.10. The molecule has 1 aliphatic rings. The zero-order chi connectivity index (χ0) is 20.1. The highest BCUT2D eigenvalue weighted by Gasteiger charge is 2.20. The van der Waals surface area contributed by atoms with Crippen LogP contribution in [-0.4, -0.2) is 48.2 Å². The van der Waals surface area contributed by atoms with E-state index in [1.165, 1.54) is 12.8 Å². The third kappa shape index (κ3) is 11.5. The number of nitrogens with zero attached hydrogens (tertiary/aromatic N) is 2. The summed E-state index contributed by atoms with van der Waals surface area (Å²) in [6.45, 7) is 9.57. The van der Waals surface area contributed by atoms with Gasteiger partial charge in [0.25, 0.3) is 0 Å². The SMILES string of the molecule is CCCCCN1CCCCCCCCN=C(NC(=O)OC(C)(C)C)NC1=O. The zero-order valence-electron chi connectivity index (χ0n) is 17.6. The first-order chi connectivity index (χ1) is 12.8. The number of amides is 3. The van der Waals surface area contributed by atoms with Crippen molar-refractivity contribution in [1.29, 1.82) is 0 Å². The summed E-state index contributed by atoms with van der Waals surface area (Å²) < 4.78 is 5.28. The van der Waals surface area contributed by atoms with Crippen LogP contribution in [0.15, 0.2) is 4.99 Å². The van der Waals surface area contributed by atoms with E-state index in [0.29, 0.717) is 6.54 Å². The van der Waals surface area contributed by atoms with Crippen molar-refractivity contribution < 1.29 is 14.3 Å².